The number of nitrogens with zero attached hydrogens (tertiary/aromatic N) is 2. The van der Waals surface area contributed by atoms with E-state index in [0.29, 0.717) is 17.0 Å². The van der Waals surface area contributed by atoms with E-state index in [0.717, 1.165) is 23.5 Å². The van der Waals surface area contributed by atoms with Gasteiger partial charge in [0.05, 0.1) is 18.4 Å². The molecule has 0 aliphatic heterocycles. The summed E-state index contributed by atoms with van der Waals surface area (Å²) < 4.78 is 7.12. The normalized spacial score (nSPS) is 10.7. The predicted molar refractivity (Wildman–Crippen MR) is 90.3 cm³/mol. The van der Waals surface area contributed by atoms with Crippen molar-refractivity contribution in [3.63, 3.8) is 0 Å². The summed E-state index contributed by atoms with van der Waals surface area (Å²) in [7, 11) is 1.60. The Labute approximate surface area is 134 Å². The molecule has 2 aromatic heterocycles. The second-order valence-electron chi connectivity index (χ2n) is 5.33. The lowest BCUT2D eigenvalue weighted by Gasteiger charge is -2.07. The summed E-state index contributed by atoms with van der Waals surface area (Å²) in [4.78, 5) is 17.0. The number of aryl methyl sites for hydroxylation is 2. The number of carbonyl (C=O) groups is 1. The molecule has 0 bridgehead atoms. The third-order valence-corrected chi connectivity index (χ3v) is 3.88. The zero-order chi connectivity index (χ0) is 16.4. The summed E-state index contributed by atoms with van der Waals surface area (Å²) in [5.74, 6) is 0.544. The van der Waals surface area contributed by atoms with Crippen molar-refractivity contribution < 1.29 is 9.53 Å². The van der Waals surface area contributed by atoms with Crippen LogP contribution >= 0.6 is 0 Å². The van der Waals surface area contributed by atoms with Gasteiger partial charge in [0.1, 0.15) is 11.4 Å². The lowest BCUT2D eigenvalue weighted by molar-refractivity contribution is 0.102. The number of imidazole rings is 1. The first-order chi connectivity index (χ1) is 11.1. The maximum atomic E-state index is 12.5. The maximum Gasteiger partial charge on any atom is 0.257 e. The molecule has 1 aromatic carbocycles. The molecule has 5 nitrogen and oxygen atoms in total. The molecule has 0 fully saturated rings. The first-order valence-corrected chi connectivity index (χ1v) is 7.55. The number of nitrogens with one attached hydrogen (secondary N) is 1. The number of rotatable bonds is 4. The van der Waals surface area contributed by atoms with Gasteiger partial charge in [-0.25, -0.2) is 4.98 Å². The fourth-order valence-electron chi connectivity index (χ4n) is 2.58. The van der Waals surface area contributed by atoms with E-state index in [9.17, 15) is 4.79 Å². The van der Waals surface area contributed by atoms with Crippen molar-refractivity contribution in [2.45, 2.75) is 20.3 Å². The third-order valence-electron chi connectivity index (χ3n) is 3.88. The lowest BCUT2D eigenvalue weighted by atomic mass is 10.2. The van der Waals surface area contributed by atoms with Crippen LogP contribution in [0.3, 0.4) is 0 Å². The van der Waals surface area contributed by atoms with Gasteiger partial charge in [-0.15, -0.1) is 0 Å². The van der Waals surface area contributed by atoms with Crippen LogP contribution in [-0.4, -0.2) is 22.4 Å². The van der Waals surface area contributed by atoms with Crippen molar-refractivity contribution in [3.05, 3.63) is 59.5 Å². The number of carbonyl (C=O) groups excluding carboxylic acids is 1. The topological polar surface area (TPSA) is 55.6 Å². The van der Waals surface area contributed by atoms with Crippen molar-refractivity contribution in [3.8, 4) is 5.75 Å². The van der Waals surface area contributed by atoms with Gasteiger partial charge in [0, 0.05) is 23.6 Å². The Kier molecular flexibility index (Phi) is 4.02. The van der Waals surface area contributed by atoms with E-state index in [1.807, 2.05) is 41.8 Å². The number of fused-ring (bicyclic) bond motifs is 1. The van der Waals surface area contributed by atoms with Gasteiger partial charge in [-0.1, -0.05) is 13.0 Å². The summed E-state index contributed by atoms with van der Waals surface area (Å²) in [5.41, 5.74) is 4.26. The smallest absolute Gasteiger partial charge is 0.257 e. The van der Waals surface area contributed by atoms with Crippen LogP contribution in [0.4, 0.5) is 5.69 Å². The van der Waals surface area contributed by atoms with Crippen molar-refractivity contribution in [1.29, 1.82) is 0 Å². The number of ether oxygens (including phenoxy) is 1. The standard InChI is InChI=1S/C18H19N3O2/c1-4-16-12(2)21-11-13(8-9-17(21)20-16)18(22)19-14-6-5-7-15(10-14)23-3/h5-11H,4H2,1-3H3,(H,19,22). The lowest BCUT2D eigenvalue weighted by Crippen LogP contribution is -2.12. The summed E-state index contributed by atoms with van der Waals surface area (Å²) >= 11 is 0. The molecule has 2 heterocycles. The van der Waals surface area contributed by atoms with E-state index in [1.54, 1.807) is 19.2 Å². The zero-order valence-electron chi connectivity index (χ0n) is 13.5. The minimum atomic E-state index is -0.161. The van der Waals surface area contributed by atoms with Crippen LogP contribution in [0.2, 0.25) is 0 Å². The number of hydrogen-bond donors (Lipinski definition) is 1. The average molecular weight is 309 g/mol. The van der Waals surface area contributed by atoms with Gasteiger partial charge in [-0.05, 0) is 37.6 Å². The molecular formula is C18H19N3O2. The van der Waals surface area contributed by atoms with Gasteiger partial charge in [0.2, 0.25) is 0 Å². The molecule has 0 aliphatic carbocycles. The molecule has 118 valence electrons. The molecule has 0 spiro atoms. The number of pyridine rings is 1. The monoisotopic (exact) mass is 309 g/mol. The van der Waals surface area contributed by atoms with Crippen LogP contribution in [0.1, 0.15) is 28.7 Å². The summed E-state index contributed by atoms with van der Waals surface area (Å²) in [6.07, 6.45) is 2.70. The number of benzene rings is 1. The molecular weight excluding hydrogens is 290 g/mol. The zero-order valence-corrected chi connectivity index (χ0v) is 13.5. The maximum absolute atomic E-state index is 12.5. The first kappa shape index (κ1) is 15.1. The van der Waals surface area contributed by atoms with Gasteiger partial charge in [-0.3, -0.25) is 4.79 Å². The van der Waals surface area contributed by atoms with E-state index in [-0.39, 0.29) is 5.91 Å². The fourth-order valence-corrected chi connectivity index (χ4v) is 2.58. The average Bonchev–Trinajstić information content (AvgIpc) is 2.90. The number of aromatic nitrogens is 2. The number of hydrogen-bond acceptors (Lipinski definition) is 3. The van der Waals surface area contributed by atoms with Crippen LogP contribution in [0.5, 0.6) is 5.75 Å². The Morgan fingerprint density at radius 1 is 1.30 bits per heavy atom. The highest BCUT2D eigenvalue weighted by molar-refractivity contribution is 6.04. The molecule has 0 radical (unpaired) electrons. The SMILES string of the molecule is CCc1nc2ccc(C(=O)Nc3cccc(OC)c3)cn2c1C. The molecule has 3 rings (SSSR count). The number of amides is 1. The van der Waals surface area contributed by atoms with Crippen molar-refractivity contribution in [1.82, 2.24) is 9.38 Å². The van der Waals surface area contributed by atoms with E-state index >= 15 is 0 Å². The van der Waals surface area contributed by atoms with Crippen molar-refractivity contribution >= 4 is 17.2 Å². The molecule has 0 atom stereocenters. The quantitative estimate of drug-likeness (QED) is 0.803. The highest BCUT2D eigenvalue weighted by atomic mass is 16.5. The molecule has 5 heteroatoms. The Morgan fingerprint density at radius 2 is 2.13 bits per heavy atom. The van der Waals surface area contributed by atoms with Crippen LogP contribution in [-0.2, 0) is 6.42 Å². The Balaban J connectivity index is 1.89. The highest BCUT2D eigenvalue weighted by Gasteiger charge is 2.11. The number of methoxy groups -OCH3 is 1. The Bertz CT molecular complexity index is 868. The summed E-state index contributed by atoms with van der Waals surface area (Å²) in [5, 5.41) is 2.89. The van der Waals surface area contributed by atoms with Gasteiger partial charge in [0.25, 0.3) is 5.91 Å². The molecule has 1 N–H and O–H groups in total. The third kappa shape index (κ3) is 2.90. The molecule has 0 unspecified atom stereocenters. The second kappa shape index (κ2) is 6.12. The first-order valence-electron chi connectivity index (χ1n) is 7.55. The molecule has 0 saturated heterocycles. The van der Waals surface area contributed by atoms with Gasteiger partial charge in [0.15, 0.2) is 0 Å². The summed E-state index contributed by atoms with van der Waals surface area (Å²) in [6.45, 7) is 4.09. The van der Waals surface area contributed by atoms with E-state index in [1.165, 1.54) is 0 Å². The Morgan fingerprint density at radius 3 is 2.87 bits per heavy atom. The Hall–Kier alpha value is -2.82. The highest BCUT2D eigenvalue weighted by Crippen LogP contribution is 2.18. The van der Waals surface area contributed by atoms with Crippen LogP contribution in [0.15, 0.2) is 42.6 Å². The molecule has 1 amide bonds. The molecule has 23 heavy (non-hydrogen) atoms. The van der Waals surface area contributed by atoms with E-state index < -0.39 is 0 Å². The predicted octanol–water partition coefficient (Wildman–Crippen LogP) is 3.47. The summed E-state index contributed by atoms with van der Waals surface area (Å²) in [6, 6.07) is 10.9. The minimum absolute atomic E-state index is 0.161. The molecule has 3 aromatic rings. The van der Waals surface area contributed by atoms with Crippen LogP contribution < -0.4 is 10.1 Å². The van der Waals surface area contributed by atoms with E-state index in [2.05, 4.69) is 17.2 Å². The minimum Gasteiger partial charge on any atom is -0.497 e. The molecule has 0 saturated carbocycles. The second-order valence-corrected chi connectivity index (χ2v) is 5.33. The number of anilines is 1. The van der Waals surface area contributed by atoms with Gasteiger partial charge in [-0.2, -0.15) is 0 Å². The van der Waals surface area contributed by atoms with Crippen LogP contribution in [0, 0.1) is 6.92 Å². The van der Waals surface area contributed by atoms with Crippen molar-refractivity contribution in [2.75, 3.05) is 12.4 Å². The molecule has 0 aliphatic rings. The van der Waals surface area contributed by atoms with Gasteiger partial charge >= 0.3 is 0 Å². The van der Waals surface area contributed by atoms with Gasteiger partial charge < -0.3 is 14.5 Å². The largest absolute Gasteiger partial charge is 0.497 e. The van der Waals surface area contributed by atoms with Crippen molar-refractivity contribution in [2.24, 2.45) is 0 Å². The van der Waals surface area contributed by atoms with E-state index in [4.69, 9.17) is 4.74 Å². The van der Waals surface area contributed by atoms with Crippen LogP contribution in [0.25, 0.3) is 5.65 Å². The fraction of sp³-hybridized carbons (Fsp3) is 0.222.